The molecule has 0 unspecified atom stereocenters. The van der Waals surface area contributed by atoms with Gasteiger partial charge in [-0.05, 0) is 46.6 Å². The van der Waals surface area contributed by atoms with Crippen molar-refractivity contribution in [3.8, 4) is 0 Å². The van der Waals surface area contributed by atoms with E-state index >= 15 is 0 Å². The van der Waals surface area contributed by atoms with Crippen LogP contribution in [0.25, 0.3) is 5.65 Å². The van der Waals surface area contributed by atoms with Crippen molar-refractivity contribution in [2.75, 3.05) is 26.7 Å². The summed E-state index contributed by atoms with van der Waals surface area (Å²) in [5, 5.41) is 4.46. The van der Waals surface area contributed by atoms with Crippen LogP contribution in [0.3, 0.4) is 0 Å². The van der Waals surface area contributed by atoms with Crippen LogP contribution in [0.15, 0.2) is 6.07 Å². The SMILES string of the molecule is CCN(CC)C(=O)CN(C)C(=O)CCc1c(C)nc2cc(C)nn2c1C. The van der Waals surface area contributed by atoms with Gasteiger partial charge in [0.25, 0.3) is 0 Å². The van der Waals surface area contributed by atoms with Crippen LogP contribution in [-0.2, 0) is 16.0 Å². The van der Waals surface area contributed by atoms with Crippen LogP contribution < -0.4 is 0 Å². The van der Waals surface area contributed by atoms with E-state index in [1.165, 1.54) is 4.90 Å². The molecule has 0 saturated heterocycles. The van der Waals surface area contributed by atoms with Crippen molar-refractivity contribution in [3.05, 3.63) is 28.7 Å². The Bertz CT molecular complexity index is 808. The van der Waals surface area contributed by atoms with Crippen LogP contribution in [0, 0.1) is 20.8 Å². The van der Waals surface area contributed by atoms with E-state index in [4.69, 9.17) is 0 Å². The number of aromatic nitrogens is 3. The molecule has 0 aromatic carbocycles. The highest BCUT2D eigenvalue weighted by atomic mass is 16.2. The summed E-state index contributed by atoms with van der Waals surface area (Å²) in [7, 11) is 1.68. The molecule has 0 spiro atoms. The molecule has 142 valence electrons. The van der Waals surface area contributed by atoms with Gasteiger partial charge in [0.05, 0.1) is 12.2 Å². The molecule has 0 aliphatic carbocycles. The summed E-state index contributed by atoms with van der Waals surface area (Å²) in [6, 6.07) is 1.95. The summed E-state index contributed by atoms with van der Waals surface area (Å²) in [6.07, 6.45) is 0.930. The molecule has 2 amide bonds. The van der Waals surface area contributed by atoms with Crippen molar-refractivity contribution >= 4 is 17.5 Å². The average molecular weight is 359 g/mol. The second-order valence-corrected chi connectivity index (χ2v) is 6.63. The molecule has 0 bridgehead atoms. The third-order valence-corrected chi connectivity index (χ3v) is 4.79. The molecule has 2 heterocycles. The van der Waals surface area contributed by atoms with Gasteiger partial charge in [0, 0.05) is 44.0 Å². The number of nitrogens with zero attached hydrogens (tertiary/aromatic N) is 5. The molecule has 0 aliphatic rings. The molecular weight excluding hydrogens is 330 g/mol. The monoisotopic (exact) mass is 359 g/mol. The molecule has 7 heteroatoms. The highest BCUT2D eigenvalue weighted by Gasteiger charge is 2.18. The first-order valence-corrected chi connectivity index (χ1v) is 9.12. The Morgan fingerprint density at radius 3 is 2.38 bits per heavy atom. The van der Waals surface area contributed by atoms with Gasteiger partial charge in [0.2, 0.25) is 11.8 Å². The van der Waals surface area contributed by atoms with E-state index in [2.05, 4.69) is 10.1 Å². The molecule has 2 aromatic heterocycles. The van der Waals surface area contributed by atoms with Crippen LogP contribution in [0.1, 0.15) is 42.9 Å². The number of rotatable bonds is 7. The van der Waals surface area contributed by atoms with Crippen molar-refractivity contribution in [2.24, 2.45) is 0 Å². The van der Waals surface area contributed by atoms with Gasteiger partial charge in [-0.2, -0.15) is 5.10 Å². The quantitative estimate of drug-likeness (QED) is 0.757. The average Bonchev–Trinajstić information content (AvgIpc) is 2.95. The summed E-state index contributed by atoms with van der Waals surface area (Å²) >= 11 is 0. The summed E-state index contributed by atoms with van der Waals surface area (Å²) in [5.41, 5.74) is 4.72. The maximum Gasteiger partial charge on any atom is 0.242 e. The zero-order valence-electron chi connectivity index (χ0n) is 16.7. The molecule has 26 heavy (non-hydrogen) atoms. The topological polar surface area (TPSA) is 70.8 Å². The van der Waals surface area contributed by atoms with Crippen LogP contribution in [-0.4, -0.2) is 62.9 Å². The minimum atomic E-state index is -0.0407. The van der Waals surface area contributed by atoms with Gasteiger partial charge in [-0.15, -0.1) is 0 Å². The van der Waals surface area contributed by atoms with E-state index in [0.29, 0.717) is 25.9 Å². The van der Waals surface area contributed by atoms with Gasteiger partial charge in [-0.3, -0.25) is 9.59 Å². The lowest BCUT2D eigenvalue weighted by Crippen LogP contribution is -2.41. The number of fused-ring (bicyclic) bond motifs is 1. The number of carbonyl (C=O) groups excluding carboxylic acids is 2. The number of likely N-dealkylation sites (N-methyl/N-ethyl adjacent to an activating group) is 2. The van der Waals surface area contributed by atoms with Crippen LogP contribution in [0.2, 0.25) is 0 Å². The van der Waals surface area contributed by atoms with E-state index in [1.54, 1.807) is 11.9 Å². The minimum absolute atomic E-state index is 0.0201. The summed E-state index contributed by atoms with van der Waals surface area (Å²) in [5.74, 6) is -0.0608. The Kier molecular flexibility index (Phi) is 6.34. The molecule has 0 aliphatic heterocycles. The Labute approximate surface area is 155 Å². The van der Waals surface area contributed by atoms with Crippen LogP contribution >= 0.6 is 0 Å². The number of amides is 2. The predicted octanol–water partition coefficient (Wildman–Crippen LogP) is 1.91. The molecule has 0 saturated carbocycles. The fourth-order valence-corrected chi connectivity index (χ4v) is 3.19. The van der Waals surface area contributed by atoms with E-state index < -0.39 is 0 Å². The number of aryl methyl sites for hydroxylation is 3. The summed E-state index contributed by atoms with van der Waals surface area (Å²) < 4.78 is 1.83. The summed E-state index contributed by atoms with van der Waals surface area (Å²) in [6.45, 7) is 11.2. The third-order valence-electron chi connectivity index (χ3n) is 4.79. The van der Waals surface area contributed by atoms with Gasteiger partial charge in [-0.25, -0.2) is 9.50 Å². The number of hydrogen-bond donors (Lipinski definition) is 0. The second-order valence-electron chi connectivity index (χ2n) is 6.63. The molecule has 7 nitrogen and oxygen atoms in total. The van der Waals surface area contributed by atoms with Gasteiger partial charge in [0.1, 0.15) is 0 Å². The first kappa shape index (κ1) is 19.9. The van der Waals surface area contributed by atoms with E-state index in [9.17, 15) is 9.59 Å². The smallest absolute Gasteiger partial charge is 0.242 e. The number of hydrogen-bond acceptors (Lipinski definition) is 4. The number of carbonyl (C=O) groups is 2. The van der Waals surface area contributed by atoms with Crippen molar-refractivity contribution in [1.29, 1.82) is 0 Å². The minimum Gasteiger partial charge on any atom is -0.342 e. The Balaban J connectivity index is 2.05. The van der Waals surface area contributed by atoms with Crippen molar-refractivity contribution in [1.82, 2.24) is 24.4 Å². The van der Waals surface area contributed by atoms with Crippen molar-refractivity contribution < 1.29 is 9.59 Å². The summed E-state index contributed by atoms with van der Waals surface area (Å²) in [4.78, 5) is 32.4. The van der Waals surface area contributed by atoms with E-state index in [1.807, 2.05) is 45.2 Å². The largest absolute Gasteiger partial charge is 0.342 e. The third kappa shape index (κ3) is 4.20. The predicted molar refractivity (Wildman–Crippen MR) is 101 cm³/mol. The second kappa shape index (κ2) is 8.29. The Hall–Kier alpha value is -2.44. The molecular formula is C19H29N5O2. The fraction of sp³-hybridized carbons (Fsp3) is 0.579. The molecule has 2 rings (SSSR count). The fourth-order valence-electron chi connectivity index (χ4n) is 3.19. The first-order valence-electron chi connectivity index (χ1n) is 9.12. The molecule has 2 aromatic rings. The molecule has 0 N–H and O–H groups in total. The van der Waals surface area contributed by atoms with E-state index in [0.717, 1.165) is 28.3 Å². The lowest BCUT2D eigenvalue weighted by molar-refractivity contribution is -0.139. The van der Waals surface area contributed by atoms with Crippen molar-refractivity contribution in [2.45, 2.75) is 47.5 Å². The standard InChI is InChI=1S/C19H29N5O2/c1-7-23(8-2)19(26)12-22(6)18(25)10-9-16-14(4)20-17-11-13(3)21-24(17)15(16)5/h11H,7-10,12H2,1-6H3. The van der Waals surface area contributed by atoms with Gasteiger partial charge < -0.3 is 9.80 Å². The Morgan fingerprint density at radius 1 is 1.12 bits per heavy atom. The maximum absolute atomic E-state index is 12.5. The zero-order valence-corrected chi connectivity index (χ0v) is 16.7. The molecule has 0 fully saturated rings. The zero-order chi connectivity index (χ0) is 19.4. The molecule has 0 radical (unpaired) electrons. The molecule has 0 atom stereocenters. The van der Waals surface area contributed by atoms with Crippen molar-refractivity contribution in [3.63, 3.8) is 0 Å². The van der Waals surface area contributed by atoms with E-state index in [-0.39, 0.29) is 18.4 Å². The normalized spacial score (nSPS) is 11.0. The van der Waals surface area contributed by atoms with Crippen LogP contribution in [0.4, 0.5) is 0 Å². The lowest BCUT2D eigenvalue weighted by Gasteiger charge is -2.23. The Morgan fingerprint density at radius 2 is 1.77 bits per heavy atom. The maximum atomic E-state index is 12.5. The van der Waals surface area contributed by atoms with Gasteiger partial charge in [0.15, 0.2) is 5.65 Å². The van der Waals surface area contributed by atoms with Gasteiger partial charge >= 0.3 is 0 Å². The van der Waals surface area contributed by atoms with Crippen LogP contribution in [0.5, 0.6) is 0 Å². The van der Waals surface area contributed by atoms with Gasteiger partial charge in [-0.1, -0.05) is 0 Å². The first-order chi connectivity index (χ1) is 12.3. The highest BCUT2D eigenvalue weighted by molar-refractivity contribution is 5.84. The highest BCUT2D eigenvalue weighted by Crippen LogP contribution is 2.17. The lowest BCUT2D eigenvalue weighted by atomic mass is 10.1.